The fraction of sp³-hybridized carbons (Fsp3) is 0.0769. The number of hydrogen-bond acceptors (Lipinski definition) is 6. The van der Waals surface area contributed by atoms with Gasteiger partial charge in [-0.25, -0.2) is 9.97 Å². The van der Waals surface area contributed by atoms with Crippen LogP contribution in [0.25, 0.3) is 65.5 Å². The summed E-state index contributed by atoms with van der Waals surface area (Å²) in [6, 6.07) is 19.8. The molecule has 156 valence electrons. The van der Waals surface area contributed by atoms with Crippen LogP contribution in [-0.2, 0) is 14.1 Å². The molecule has 0 bridgehead atoms. The normalized spacial score (nSPS) is 11.1. The molecule has 0 aliphatic heterocycles. The van der Waals surface area contributed by atoms with E-state index in [0.717, 1.165) is 43.4 Å². The summed E-state index contributed by atoms with van der Waals surface area (Å²) in [5.74, 6) is 0. The molecular weight excluding hydrogens is 424 g/mol. The number of benzene rings is 4. The summed E-state index contributed by atoms with van der Waals surface area (Å²) in [5, 5.41) is 43.5. The Kier molecular flexibility index (Phi) is 3.70. The highest BCUT2D eigenvalue weighted by Crippen LogP contribution is 2.40. The lowest BCUT2D eigenvalue weighted by atomic mass is 9.92. The van der Waals surface area contributed by atoms with Gasteiger partial charge in [0.2, 0.25) is 0 Å². The number of imidazole rings is 2. The van der Waals surface area contributed by atoms with Crippen LogP contribution < -0.4 is 11.0 Å². The third kappa shape index (κ3) is 2.21. The van der Waals surface area contributed by atoms with Crippen molar-refractivity contribution in [3.63, 3.8) is 0 Å². The van der Waals surface area contributed by atoms with Crippen molar-refractivity contribution in [3.05, 3.63) is 47.4 Å². The molecule has 0 saturated heterocycles. The van der Waals surface area contributed by atoms with Crippen LogP contribution in [-0.4, -0.2) is 19.1 Å². The van der Waals surface area contributed by atoms with Gasteiger partial charge in [0.25, 0.3) is 0 Å². The Balaban J connectivity index is 1.89. The molecular formula is C26H12N8. The van der Waals surface area contributed by atoms with Crippen LogP contribution in [0.2, 0.25) is 0 Å². The van der Waals surface area contributed by atoms with Crippen molar-refractivity contribution in [2.24, 2.45) is 14.1 Å². The third-order valence-corrected chi connectivity index (χ3v) is 6.46. The molecule has 8 nitrogen and oxygen atoms in total. The van der Waals surface area contributed by atoms with E-state index in [1.807, 2.05) is 74.8 Å². The molecule has 0 radical (unpaired) electrons. The van der Waals surface area contributed by atoms with Crippen molar-refractivity contribution >= 4 is 65.5 Å². The van der Waals surface area contributed by atoms with Gasteiger partial charge in [0.15, 0.2) is 22.1 Å². The Labute approximate surface area is 191 Å². The van der Waals surface area contributed by atoms with Gasteiger partial charge in [0.05, 0.1) is 22.1 Å². The van der Waals surface area contributed by atoms with Crippen LogP contribution in [0.1, 0.15) is 0 Å². The van der Waals surface area contributed by atoms with Crippen LogP contribution in [0, 0.1) is 45.3 Å². The minimum Gasteiger partial charge on any atom is -0.325 e. The monoisotopic (exact) mass is 436 g/mol. The van der Waals surface area contributed by atoms with Gasteiger partial charge in [-0.1, -0.05) is 24.3 Å². The SMILES string of the molecule is Cn1c(=C(C#N)C#N)nc2cc3ccc4c5c(ccc(c35)c21)cc1nc(=C(C#N)C#N)n(C)c14. The molecule has 0 amide bonds. The predicted molar refractivity (Wildman–Crippen MR) is 127 cm³/mol. The Hall–Kier alpha value is -5.44. The zero-order chi connectivity index (χ0) is 23.7. The van der Waals surface area contributed by atoms with E-state index in [4.69, 9.17) is 0 Å². The van der Waals surface area contributed by atoms with Gasteiger partial charge in [0, 0.05) is 24.9 Å². The topological polar surface area (TPSA) is 131 Å². The number of nitrogens with zero attached hydrogens (tertiary/aromatic N) is 8. The van der Waals surface area contributed by atoms with Gasteiger partial charge in [-0.15, -0.1) is 0 Å². The highest BCUT2D eigenvalue weighted by Gasteiger charge is 2.19. The van der Waals surface area contributed by atoms with Crippen molar-refractivity contribution < 1.29 is 0 Å². The van der Waals surface area contributed by atoms with Gasteiger partial charge in [-0.05, 0) is 33.7 Å². The number of hydrogen-bond donors (Lipinski definition) is 0. The molecule has 0 N–H and O–H groups in total. The van der Waals surface area contributed by atoms with E-state index < -0.39 is 0 Å². The van der Waals surface area contributed by atoms with Gasteiger partial charge in [-0.2, -0.15) is 21.0 Å². The molecule has 0 saturated carbocycles. The van der Waals surface area contributed by atoms with Crippen molar-refractivity contribution in [3.8, 4) is 24.3 Å². The van der Waals surface area contributed by atoms with Gasteiger partial charge in [-0.3, -0.25) is 0 Å². The number of nitriles is 4. The molecule has 34 heavy (non-hydrogen) atoms. The predicted octanol–water partition coefficient (Wildman–Crippen LogP) is 2.75. The summed E-state index contributed by atoms with van der Waals surface area (Å²) in [7, 11) is 3.62. The average molecular weight is 436 g/mol. The van der Waals surface area contributed by atoms with Crippen LogP contribution in [0.4, 0.5) is 0 Å². The highest BCUT2D eigenvalue weighted by molar-refractivity contribution is 6.31. The van der Waals surface area contributed by atoms with E-state index in [1.165, 1.54) is 0 Å². The van der Waals surface area contributed by atoms with Crippen molar-refractivity contribution in [1.82, 2.24) is 19.1 Å². The van der Waals surface area contributed by atoms with Crippen LogP contribution in [0.15, 0.2) is 36.4 Å². The molecule has 4 aromatic carbocycles. The lowest BCUT2D eigenvalue weighted by Crippen LogP contribution is -2.17. The van der Waals surface area contributed by atoms with Crippen molar-refractivity contribution in [2.45, 2.75) is 0 Å². The lowest BCUT2D eigenvalue weighted by molar-refractivity contribution is 0.899. The first-order valence-electron chi connectivity index (χ1n) is 10.3. The number of aryl methyl sites for hydroxylation is 2. The molecule has 2 aromatic heterocycles. The average Bonchev–Trinajstić information content (AvgIpc) is 3.35. The van der Waals surface area contributed by atoms with Gasteiger partial charge < -0.3 is 9.13 Å². The second-order valence-corrected chi connectivity index (χ2v) is 8.10. The van der Waals surface area contributed by atoms with Crippen molar-refractivity contribution in [1.29, 1.82) is 21.0 Å². The van der Waals surface area contributed by atoms with E-state index in [2.05, 4.69) is 9.97 Å². The Morgan fingerprint density at radius 1 is 0.647 bits per heavy atom. The zero-order valence-electron chi connectivity index (χ0n) is 18.0. The summed E-state index contributed by atoms with van der Waals surface area (Å²) in [6.07, 6.45) is 0. The second kappa shape index (κ2) is 6.53. The number of fused-ring (bicyclic) bond motifs is 4. The maximum Gasteiger partial charge on any atom is 0.172 e. The summed E-state index contributed by atoms with van der Waals surface area (Å²) in [6.45, 7) is 0. The smallest absolute Gasteiger partial charge is 0.172 e. The maximum atomic E-state index is 9.37. The summed E-state index contributed by atoms with van der Waals surface area (Å²) < 4.78 is 3.59. The molecule has 0 unspecified atom stereocenters. The maximum absolute atomic E-state index is 9.37. The molecule has 0 aliphatic rings. The Morgan fingerprint density at radius 3 is 1.38 bits per heavy atom. The fourth-order valence-corrected chi connectivity index (χ4v) is 5.05. The zero-order valence-corrected chi connectivity index (χ0v) is 18.0. The quantitative estimate of drug-likeness (QED) is 0.337. The molecule has 0 fully saturated rings. The molecule has 0 spiro atoms. The minimum absolute atomic E-state index is 0.0357. The highest BCUT2D eigenvalue weighted by atomic mass is 15.0. The molecule has 6 rings (SSSR count). The van der Waals surface area contributed by atoms with Crippen LogP contribution >= 0.6 is 0 Å². The largest absolute Gasteiger partial charge is 0.325 e. The van der Waals surface area contributed by atoms with E-state index in [-0.39, 0.29) is 11.1 Å². The summed E-state index contributed by atoms with van der Waals surface area (Å²) >= 11 is 0. The van der Waals surface area contributed by atoms with E-state index in [1.54, 1.807) is 9.13 Å². The Bertz CT molecular complexity index is 1990. The summed E-state index contributed by atoms with van der Waals surface area (Å²) in [4.78, 5) is 9.18. The number of rotatable bonds is 0. The van der Waals surface area contributed by atoms with Gasteiger partial charge in [0.1, 0.15) is 24.3 Å². The third-order valence-electron chi connectivity index (χ3n) is 6.46. The van der Waals surface area contributed by atoms with Crippen molar-refractivity contribution in [2.75, 3.05) is 0 Å². The molecule has 6 aromatic rings. The summed E-state index contributed by atoms with van der Waals surface area (Å²) in [5.41, 5.74) is 3.71. The molecule has 0 atom stereocenters. The Morgan fingerprint density at radius 2 is 1.03 bits per heavy atom. The van der Waals surface area contributed by atoms with E-state index in [9.17, 15) is 21.0 Å². The molecule has 8 heteroatoms. The molecule has 0 aliphatic carbocycles. The minimum atomic E-state index is -0.0357. The standard InChI is InChI=1S/C26H12N8/c1-33-23-17-5-3-14-8-20-24(34(2)26(32-20)16(11-29)12-30)18-6-4-13(21(17)22(14)18)7-19(23)31-25(33)15(9-27)10-28/h3-8H,1-2H3. The van der Waals surface area contributed by atoms with Gasteiger partial charge >= 0.3 is 0 Å². The molecule has 2 heterocycles. The first kappa shape index (κ1) is 19.3. The number of aromatic nitrogens is 4. The van der Waals surface area contributed by atoms with Crippen LogP contribution in [0.3, 0.4) is 0 Å². The van der Waals surface area contributed by atoms with Crippen LogP contribution in [0.5, 0.6) is 0 Å². The van der Waals surface area contributed by atoms with E-state index >= 15 is 0 Å². The first-order valence-corrected chi connectivity index (χ1v) is 10.3. The fourth-order valence-electron chi connectivity index (χ4n) is 5.05. The lowest BCUT2D eigenvalue weighted by Gasteiger charge is -2.13. The second-order valence-electron chi connectivity index (χ2n) is 8.10. The van der Waals surface area contributed by atoms with E-state index in [0.29, 0.717) is 22.0 Å². The first-order chi connectivity index (χ1) is 16.5.